The maximum atomic E-state index is 12.2. The highest BCUT2D eigenvalue weighted by Crippen LogP contribution is 2.14. The second-order valence-electron chi connectivity index (χ2n) is 6.18. The molecule has 0 saturated heterocycles. The lowest BCUT2D eigenvalue weighted by atomic mass is 9.96. The number of hydrogen-bond acceptors (Lipinski definition) is 5. The van der Waals surface area contributed by atoms with E-state index < -0.39 is 11.5 Å². The summed E-state index contributed by atoms with van der Waals surface area (Å²) in [5.41, 5.74) is -0.274. The predicted molar refractivity (Wildman–Crippen MR) is 90.1 cm³/mol. The van der Waals surface area contributed by atoms with Crippen LogP contribution in [0.1, 0.15) is 13.8 Å². The molecule has 1 aliphatic heterocycles. The zero-order chi connectivity index (χ0) is 17.5. The quantitative estimate of drug-likeness (QED) is 0.548. The molecule has 1 atom stereocenters. The number of carbonyl (C=O) groups is 2. The van der Waals surface area contributed by atoms with Crippen LogP contribution >= 0.6 is 0 Å². The monoisotopic (exact) mass is 324 g/mol. The third-order valence-electron chi connectivity index (χ3n) is 3.72. The van der Waals surface area contributed by atoms with Crippen molar-refractivity contribution in [1.82, 2.24) is 20.4 Å². The van der Waals surface area contributed by atoms with Gasteiger partial charge in [-0.2, -0.15) is 0 Å². The molecule has 0 aliphatic carbocycles. The van der Waals surface area contributed by atoms with Crippen molar-refractivity contribution in [2.24, 2.45) is 0 Å². The van der Waals surface area contributed by atoms with Gasteiger partial charge in [0, 0.05) is 26.2 Å². The highest BCUT2D eigenvalue weighted by Gasteiger charge is 2.25. The first-order valence-electron chi connectivity index (χ1n) is 7.81. The molecule has 1 aliphatic rings. The Kier molecular flexibility index (Phi) is 7.25. The summed E-state index contributed by atoms with van der Waals surface area (Å²) in [6.45, 7) is 6.75. The van der Waals surface area contributed by atoms with Crippen LogP contribution in [0.5, 0.6) is 0 Å². The standard InChI is InChI=1S/C16H28N4O3/c1-5-20(9-8-19(3)4)14(21)11-17-12-16(2)10-13(15(22)23)6-7-18-16/h6-7,10,17-18H,5,8-9,11-12H2,1-4H3,(H,22,23). The van der Waals surface area contributed by atoms with Crippen molar-refractivity contribution in [2.75, 3.05) is 46.8 Å². The molecule has 0 aromatic heterocycles. The summed E-state index contributed by atoms with van der Waals surface area (Å²) in [7, 11) is 3.96. The van der Waals surface area contributed by atoms with Gasteiger partial charge in [-0.15, -0.1) is 0 Å². The smallest absolute Gasteiger partial charge is 0.335 e. The third-order valence-corrected chi connectivity index (χ3v) is 3.72. The second-order valence-corrected chi connectivity index (χ2v) is 6.18. The largest absolute Gasteiger partial charge is 0.478 e. The van der Waals surface area contributed by atoms with E-state index in [9.17, 15) is 9.59 Å². The lowest BCUT2D eigenvalue weighted by molar-refractivity contribution is -0.132. The number of carboxylic acid groups (broad SMARTS) is 1. The second kappa shape index (κ2) is 8.69. The van der Waals surface area contributed by atoms with E-state index >= 15 is 0 Å². The highest BCUT2D eigenvalue weighted by molar-refractivity contribution is 5.90. The van der Waals surface area contributed by atoms with Crippen LogP contribution in [0.2, 0.25) is 0 Å². The first-order valence-corrected chi connectivity index (χ1v) is 7.81. The van der Waals surface area contributed by atoms with Gasteiger partial charge in [0.05, 0.1) is 17.7 Å². The minimum Gasteiger partial charge on any atom is -0.478 e. The van der Waals surface area contributed by atoms with Gasteiger partial charge in [0.2, 0.25) is 5.91 Å². The van der Waals surface area contributed by atoms with Crippen molar-refractivity contribution in [3.8, 4) is 0 Å². The Labute approximate surface area is 138 Å². The predicted octanol–water partition coefficient (Wildman–Crippen LogP) is -0.127. The maximum absolute atomic E-state index is 12.2. The minimum absolute atomic E-state index is 0.0479. The van der Waals surface area contributed by atoms with Crippen molar-refractivity contribution in [2.45, 2.75) is 19.4 Å². The van der Waals surface area contributed by atoms with Crippen LogP contribution in [0.25, 0.3) is 0 Å². The molecule has 1 heterocycles. The average Bonchev–Trinajstić information content (AvgIpc) is 2.47. The van der Waals surface area contributed by atoms with Crippen molar-refractivity contribution >= 4 is 11.9 Å². The van der Waals surface area contributed by atoms with E-state index in [-0.39, 0.29) is 18.0 Å². The Balaban J connectivity index is 2.47. The molecule has 7 nitrogen and oxygen atoms in total. The van der Waals surface area contributed by atoms with E-state index in [1.165, 1.54) is 6.08 Å². The number of aliphatic carboxylic acids is 1. The fourth-order valence-corrected chi connectivity index (χ4v) is 2.31. The Morgan fingerprint density at radius 2 is 2.04 bits per heavy atom. The molecule has 1 unspecified atom stereocenters. The molecule has 0 aromatic rings. The van der Waals surface area contributed by atoms with Gasteiger partial charge in [-0.1, -0.05) is 0 Å². The van der Waals surface area contributed by atoms with E-state index in [1.807, 2.05) is 37.7 Å². The molecule has 0 aromatic carbocycles. The summed E-state index contributed by atoms with van der Waals surface area (Å²) < 4.78 is 0. The van der Waals surface area contributed by atoms with Gasteiger partial charge in [0.25, 0.3) is 0 Å². The van der Waals surface area contributed by atoms with Crippen LogP contribution < -0.4 is 10.6 Å². The average molecular weight is 324 g/mol. The first-order chi connectivity index (χ1) is 10.8. The molecule has 0 radical (unpaired) electrons. The van der Waals surface area contributed by atoms with Gasteiger partial charge in [0.1, 0.15) is 0 Å². The number of nitrogens with zero attached hydrogens (tertiary/aromatic N) is 2. The van der Waals surface area contributed by atoms with Crippen LogP contribution in [0.3, 0.4) is 0 Å². The number of hydrogen-bond donors (Lipinski definition) is 3. The number of dihydropyridines is 1. The van der Waals surface area contributed by atoms with Gasteiger partial charge in [0.15, 0.2) is 0 Å². The van der Waals surface area contributed by atoms with E-state index in [4.69, 9.17) is 5.11 Å². The molecule has 1 rings (SSSR count). The summed E-state index contributed by atoms with van der Waals surface area (Å²) in [6.07, 6.45) is 4.81. The van der Waals surface area contributed by atoms with Crippen molar-refractivity contribution in [3.05, 3.63) is 23.9 Å². The molecule has 0 spiro atoms. The Bertz CT molecular complexity index is 488. The van der Waals surface area contributed by atoms with Crippen LogP contribution in [-0.2, 0) is 9.59 Å². The van der Waals surface area contributed by atoms with Crippen molar-refractivity contribution < 1.29 is 14.7 Å². The molecule has 0 fully saturated rings. The lowest BCUT2D eigenvalue weighted by Crippen LogP contribution is -2.50. The summed E-state index contributed by atoms with van der Waals surface area (Å²) >= 11 is 0. The van der Waals surface area contributed by atoms with Gasteiger partial charge < -0.3 is 25.5 Å². The van der Waals surface area contributed by atoms with E-state index in [1.54, 1.807) is 12.3 Å². The Morgan fingerprint density at radius 3 is 2.61 bits per heavy atom. The molecule has 23 heavy (non-hydrogen) atoms. The molecule has 0 saturated carbocycles. The fourth-order valence-electron chi connectivity index (χ4n) is 2.31. The molecular weight excluding hydrogens is 296 g/mol. The topological polar surface area (TPSA) is 84.9 Å². The van der Waals surface area contributed by atoms with Crippen LogP contribution in [0.4, 0.5) is 0 Å². The molecule has 130 valence electrons. The number of carbonyl (C=O) groups excluding carboxylic acids is 1. The van der Waals surface area contributed by atoms with E-state index in [0.717, 1.165) is 6.54 Å². The lowest BCUT2D eigenvalue weighted by Gasteiger charge is -2.30. The minimum atomic E-state index is -0.953. The third kappa shape index (κ3) is 6.42. The molecule has 3 N–H and O–H groups in total. The molecule has 7 heteroatoms. The SMILES string of the molecule is CCN(CCN(C)C)C(=O)CNCC1(C)C=C(C(=O)O)C=CN1. The Hall–Kier alpha value is -1.86. The van der Waals surface area contributed by atoms with Crippen LogP contribution in [0.15, 0.2) is 23.9 Å². The summed E-state index contributed by atoms with van der Waals surface area (Å²) in [6, 6.07) is 0. The molecule has 0 bridgehead atoms. The van der Waals surface area contributed by atoms with E-state index in [0.29, 0.717) is 19.6 Å². The summed E-state index contributed by atoms with van der Waals surface area (Å²) in [5, 5.41) is 15.3. The number of amides is 1. The van der Waals surface area contributed by atoms with Crippen LogP contribution in [-0.4, -0.2) is 79.1 Å². The van der Waals surface area contributed by atoms with Gasteiger partial charge in [-0.05, 0) is 46.3 Å². The molecule has 1 amide bonds. The normalized spacial score (nSPS) is 20.1. The number of carboxylic acids is 1. The van der Waals surface area contributed by atoms with Crippen molar-refractivity contribution in [1.29, 1.82) is 0 Å². The maximum Gasteiger partial charge on any atom is 0.335 e. The number of rotatable bonds is 9. The Morgan fingerprint density at radius 1 is 1.35 bits per heavy atom. The summed E-state index contributed by atoms with van der Waals surface area (Å²) in [5.74, 6) is -0.905. The van der Waals surface area contributed by atoms with Gasteiger partial charge in [-0.25, -0.2) is 4.79 Å². The zero-order valence-corrected chi connectivity index (χ0v) is 14.4. The number of likely N-dealkylation sites (N-methyl/N-ethyl adjacent to an activating group) is 2. The van der Waals surface area contributed by atoms with Gasteiger partial charge >= 0.3 is 5.97 Å². The molecular formula is C16H28N4O3. The summed E-state index contributed by atoms with van der Waals surface area (Å²) in [4.78, 5) is 27.1. The first kappa shape index (κ1) is 19.2. The van der Waals surface area contributed by atoms with Crippen LogP contribution in [0, 0.1) is 0 Å². The van der Waals surface area contributed by atoms with E-state index in [2.05, 4.69) is 10.6 Å². The van der Waals surface area contributed by atoms with Crippen molar-refractivity contribution in [3.63, 3.8) is 0 Å². The highest BCUT2D eigenvalue weighted by atomic mass is 16.4. The fraction of sp³-hybridized carbons (Fsp3) is 0.625. The zero-order valence-electron chi connectivity index (χ0n) is 14.4. The van der Waals surface area contributed by atoms with Gasteiger partial charge in [-0.3, -0.25) is 4.79 Å². The number of nitrogens with one attached hydrogen (secondary N) is 2.